The van der Waals surface area contributed by atoms with Crippen LogP contribution in [0.5, 0.6) is 5.75 Å². The van der Waals surface area contributed by atoms with Gasteiger partial charge in [0.15, 0.2) is 0 Å². The number of hydrogen-bond donors (Lipinski definition) is 2. The zero-order valence-corrected chi connectivity index (χ0v) is 12.7. The second-order valence-corrected chi connectivity index (χ2v) is 5.40. The maximum Gasteiger partial charge on any atom is 0.335 e. The van der Waals surface area contributed by atoms with E-state index in [0.29, 0.717) is 31.1 Å². The molecule has 1 aliphatic rings. The summed E-state index contributed by atoms with van der Waals surface area (Å²) in [5.41, 5.74) is 1.08. The molecule has 118 valence electrons. The molecule has 1 aromatic carbocycles. The zero-order chi connectivity index (χ0) is 15.9. The first-order valence-corrected chi connectivity index (χ1v) is 7.43. The van der Waals surface area contributed by atoms with Gasteiger partial charge in [0.05, 0.1) is 12.7 Å². The molecule has 0 saturated heterocycles. The molecule has 2 rings (SSSR count). The standard InChI is InChI=1S/C17H21NO4/c1-22-15-11-14(17(20)21)7-6-13(15)8-9-18-16(19)10-12-4-2-3-5-12/h2,4,6-7,11-12H,3,5,8-10H2,1H3,(H,18,19)(H,20,21). The lowest BCUT2D eigenvalue weighted by Gasteiger charge is -2.11. The number of hydrogen-bond acceptors (Lipinski definition) is 3. The number of carboxylic acids is 1. The summed E-state index contributed by atoms with van der Waals surface area (Å²) in [6.07, 6.45) is 7.48. The maximum absolute atomic E-state index is 11.8. The number of carbonyl (C=O) groups is 2. The van der Waals surface area contributed by atoms with E-state index >= 15 is 0 Å². The van der Waals surface area contributed by atoms with Crippen LogP contribution in [0.1, 0.15) is 35.2 Å². The van der Waals surface area contributed by atoms with Gasteiger partial charge in [-0.1, -0.05) is 18.2 Å². The van der Waals surface area contributed by atoms with E-state index in [-0.39, 0.29) is 11.5 Å². The van der Waals surface area contributed by atoms with Gasteiger partial charge in [0.2, 0.25) is 5.91 Å². The normalized spacial score (nSPS) is 16.5. The van der Waals surface area contributed by atoms with Gasteiger partial charge in [-0.2, -0.15) is 0 Å². The first kappa shape index (κ1) is 16.1. The van der Waals surface area contributed by atoms with Crippen LogP contribution >= 0.6 is 0 Å². The molecule has 1 atom stereocenters. The van der Waals surface area contributed by atoms with Gasteiger partial charge in [-0.05, 0) is 42.9 Å². The lowest BCUT2D eigenvalue weighted by molar-refractivity contribution is -0.121. The van der Waals surface area contributed by atoms with E-state index in [1.54, 1.807) is 12.1 Å². The van der Waals surface area contributed by atoms with Crippen molar-refractivity contribution in [2.45, 2.75) is 25.7 Å². The molecule has 0 radical (unpaired) electrons. The molecule has 2 N–H and O–H groups in total. The van der Waals surface area contributed by atoms with Crippen molar-refractivity contribution in [2.75, 3.05) is 13.7 Å². The van der Waals surface area contributed by atoms with Crippen molar-refractivity contribution < 1.29 is 19.4 Å². The van der Waals surface area contributed by atoms with Crippen LogP contribution in [0.3, 0.4) is 0 Å². The number of carbonyl (C=O) groups excluding carboxylic acids is 1. The quantitative estimate of drug-likeness (QED) is 0.758. The van der Waals surface area contributed by atoms with Gasteiger partial charge in [-0.15, -0.1) is 0 Å². The van der Waals surface area contributed by atoms with Crippen LogP contribution in [0, 0.1) is 5.92 Å². The molecule has 0 aliphatic heterocycles. The third-order valence-electron chi connectivity index (χ3n) is 3.81. The second kappa shape index (κ2) is 7.64. The highest BCUT2D eigenvalue weighted by molar-refractivity contribution is 5.88. The van der Waals surface area contributed by atoms with E-state index in [2.05, 4.69) is 17.5 Å². The van der Waals surface area contributed by atoms with Gasteiger partial charge >= 0.3 is 5.97 Å². The van der Waals surface area contributed by atoms with Crippen molar-refractivity contribution in [3.05, 3.63) is 41.5 Å². The molecule has 1 aromatic rings. The SMILES string of the molecule is COc1cc(C(=O)O)ccc1CCNC(=O)CC1C=CCC1. The summed E-state index contributed by atoms with van der Waals surface area (Å²) in [7, 11) is 1.51. The number of ether oxygens (including phenoxy) is 1. The van der Waals surface area contributed by atoms with E-state index in [0.717, 1.165) is 18.4 Å². The first-order valence-electron chi connectivity index (χ1n) is 7.43. The Hall–Kier alpha value is -2.30. The maximum atomic E-state index is 11.8. The second-order valence-electron chi connectivity index (χ2n) is 5.40. The number of aromatic carboxylic acids is 1. The van der Waals surface area contributed by atoms with Gasteiger partial charge in [0.25, 0.3) is 0 Å². The monoisotopic (exact) mass is 303 g/mol. The molecule has 1 aliphatic carbocycles. The summed E-state index contributed by atoms with van der Waals surface area (Å²) in [5.74, 6) is -0.0299. The van der Waals surface area contributed by atoms with Crippen LogP contribution in [0.2, 0.25) is 0 Å². The molecule has 0 heterocycles. The molecule has 0 saturated carbocycles. The van der Waals surface area contributed by atoms with Crippen LogP contribution < -0.4 is 10.1 Å². The average Bonchev–Trinajstić information content (AvgIpc) is 3.00. The number of nitrogens with one attached hydrogen (secondary N) is 1. The minimum atomic E-state index is -0.984. The first-order chi connectivity index (χ1) is 10.6. The van der Waals surface area contributed by atoms with Crippen molar-refractivity contribution in [3.8, 4) is 5.75 Å². The Labute approximate surface area is 130 Å². The molecule has 1 unspecified atom stereocenters. The van der Waals surface area contributed by atoms with Crippen LogP contribution in [-0.4, -0.2) is 30.6 Å². The molecular weight excluding hydrogens is 282 g/mol. The summed E-state index contributed by atoms with van der Waals surface area (Å²) in [5, 5.41) is 11.9. The fourth-order valence-electron chi connectivity index (χ4n) is 2.60. The van der Waals surface area contributed by atoms with Crippen LogP contribution in [0.4, 0.5) is 0 Å². The van der Waals surface area contributed by atoms with Crippen LogP contribution in [-0.2, 0) is 11.2 Å². The zero-order valence-electron chi connectivity index (χ0n) is 12.7. The number of amides is 1. The van der Waals surface area contributed by atoms with Crippen LogP contribution in [0.15, 0.2) is 30.4 Å². The Bertz CT molecular complexity index is 580. The molecule has 5 nitrogen and oxygen atoms in total. The lowest BCUT2D eigenvalue weighted by atomic mass is 10.0. The summed E-state index contributed by atoms with van der Waals surface area (Å²) in [4.78, 5) is 22.8. The lowest BCUT2D eigenvalue weighted by Crippen LogP contribution is -2.27. The van der Waals surface area contributed by atoms with E-state index in [9.17, 15) is 9.59 Å². The fourth-order valence-corrected chi connectivity index (χ4v) is 2.60. The predicted molar refractivity (Wildman–Crippen MR) is 83.1 cm³/mol. The Kier molecular flexibility index (Phi) is 5.58. The Morgan fingerprint density at radius 3 is 2.86 bits per heavy atom. The average molecular weight is 303 g/mol. The Balaban J connectivity index is 1.84. The number of carboxylic acid groups (broad SMARTS) is 1. The van der Waals surface area contributed by atoms with Gasteiger partial charge < -0.3 is 15.2 Å². The van der Waals surface area contributed by atoms with Gasteiger partial charge in [0.1, 0.15) is 5.75 Å². The van der Waals surface area contributed by atoms with Gasteiger partial charge in [-0.3, -0.25) is 4.79 Å². The van der Waals surface area contributed by atoms with E-state index in [4.69, 9.17) is 9.84 Å². The Morgan fingerprint density at radius 1 is 1.41 bits per heavy atom. The van der Waals surface area contributed by atoms with E-state index in [1.807, 2.05) is 0 Å². The van der Waals surface area contributed by atoms with E-state index < -0.39 is 5.97 Å². The van der Waals surface area contributed by atoms with Gasteiger partial charge in [-0.25, -0.2) is 4.79 Å². The Morgan fingerprint density at radius 2 is 2.23 bits per heavy atom. The molecule has 1 amide bonds. The van der Waals surface area contributed by atoms with Crippen molar-refractivity contribution in [1.29, 1.82) is 0 Å². The predicted octanol–water partition coefficient (Wildman–Crippen LogP) is 2.41. The largest absolute Gasteiger partial charge is 0.496 e. The minimum absolute atomic E-state index is 0.0534. The molecule has 0 aromatic heterocycles. The summed E-state index contributed by atoms with van der Waals surface area (Å²) >= 11 is 0. The topological polar surface area (TPSA) is 75.6 Å². The van der Waals surface area contributed by atoms with Crippen molar-refractivity contribution >= 4 is 11.9 Å². The highest BCUT2D eigenvalue weighted by Gasteiger charge is 2.14. The molecule has 0 spiro atoms. The highest BCUT2D eigenvalue weighted by atomic mass is 16.5. The number of allylic oxidation sites excluding steroid dienone is 2. The van der Waals surface area contributed by atoms with Crippen molar-refractivity contribution in [3.63, 3.8) is 0 Å². The summed E-state index contributed by atoms with van der Waals surface area (Å²) < 4.78 is 5.22. The number of benzene rings is 1. The fraction of sp³-hybridized carbons (Fsp3) is 0.412. The van der Waals surface area contributed by atoms with Crippen molar-refractivity contribution in [1.82, 2.24) is 5.32 Å². The minimum Gasteiger partial charge on any atom is -0.496 e. The number of rotatable bonds is 7. The molecule has 5 heteroatoms. The third kappa shape index (κ3) is 4.35. The third-order valence-corrected chi connectivity index (χ3v) is 3.81. The molecular formula is C17H21NO4. The molecule has 22 heavy (non-hydrogen) atoms. The summed E-state index contributed by atoms with van der Waals surface area (Å²) in [6, 6.07) is 4.78. The number of methoxy groups -OCH3 is 1. The van der Waals surface area contributed by atoms with Gasteiger partial charge in [0, 0.05) is 13.0 Å². The van der Waals surface area contributed by atoms with Crippen molar-refractivity contribution in [2.24, 2.45) is 5.92 Å². The molecule has 0 bridgehead atoms. The summed E-state index contributed by atoms with van der Waals surface area (Å²) in [6.45, 7) is 0.512. The molecule has 0 fully saturated rings. The van der Waals surface area contributed by atoms with Crippen LogP contribution in [0.25, 0.3) is 0 Å². The highest BCUT2D eigenvalue weighted by Crippen LogP contribution is 2.21. The van der Waals surface area contributed by atoms with E-state index in [1.165, 1.54) is 13.2 Å². The smallest absolute Gasteiger partial charge is 0.335 e.